The summed E-state index contributed by atoms with van der Waals surface area (Å²) >= 11 is 0. The summed E-state index contributed by atoms with van der Waals surface area (Å²) < 4.78 is 31.7. The van der Waals surface area contributed by atoms with Gasteiger partial charge in [0.05, 0.1) is 19.1 Å². The molecule has 0 saturated heterocycles. The molecule has 1 fully saturated rings. The lowest BCUT2D eigenvalue weighted by Gasteiger charge is -2.22. The van der Waals surface area contributed by atoms with E-state index in [9.17, 15) is 19.2 Å². The maximum atomic E-state index is 12.6. The molecule has 42 heavy (non-hydrogen) atoms. The van der Waals surface area contributed by atoms with Gasteiger partial charge < -0.3 is 34.2 Å². The Balaban J connectivity index is 2.00. The van der Waals surface area contributed by atoms with Crippen LogP contribution in [0.15, 0.2) is 18.2 Å². The van der Waals surface area contributed by atoms with E-state index in [1.165, 1.54) is 12.1 Å². The van der Waals surface area contributed by atoms with Crippen LogP contribution in [0.2, 0.25) is 0 Å². The molecule has 1 saturated carbocycles. The Bertz CT molecular complexity index is 1020. The zero-order valence-electron chi connectivity index (χ0n) is 25.6. The lowest BCUT2D eigenvalue weighted by molar-refractivity contribution is -0.161. The molecular weight excluding hydrogens is 546 g/mol. The Morgan fingerprint density at radius 3 is 1.95 bits per heavy atom. The number of carbonyl (C=O) groups is 4. The van der Waals surface area contributed by atoms with Crippen molar-refractivity contribution in [3.05, 3.63) is 23.8 Å². The second-order valence-corrected chi connectivity index (χ2v) is 11.2. The molecule has 2 rings (SSSR count). The van der Waals surface area contributed by atoms with Crippen LogP contribution in [0.5, 0.6) is 11.5 Å². The predicted octanol–water partition coefficient (Wildman–Crippen LogP) is 5.73. The summed E-state index contributed by atoms with van der Waals surface area (Å²) in [6, 6.07) is 3.38. The number of rotatable bonds is 15. The molecule has 1 aliphatic rings. The molecule has 0 aromatic heterocycles. The number of nitrogens with two attached hydrogens (primary N) is 1. The smallest absolute Gasteiger partial charge is 0.462 e. The van der Waals surface area contributed by atoms with Gasteiger partial charge in [0.1, 0.15) is 18.8 Å². The summed E-state index contributed by atoms with van der Waals surface area (Å²) in [5, 5.41) is 0. The van der Waals surface area contributed by atoms with Gasteiger partial charge in [-0.25, -0.2) is 9.59 Å². The minimum absolute atomic E-state index is 0.0322. The third-order valence-electron chi connectivity index (χ3n) is 7.23. The molecule has 0 spiro atoms. The zero-order valence-corrected chi connectivity index (χ0v) is 25.6. The highest BCUT2D eigenvalue weighted by atomic mass is 16.7. The van der Waals surface area contributed by atoms with E-state index >= 15 is 0 Å². The highest BCUT2D eigenvalue weighted by Crippen LogP contribution is 2.30. The lowest BCUT2D eigenvalue weighted by atomic mass is 9.89. The monoisotopic (exact) mass is 593 g/mol. The molecule has 1 aromatic rings. The fourth-order valence-corrected chi connectivity index (χ4v) is 4.05. The van der Waals surface area contributed by atoms with Crippen molar-refractivity contribution in [1.82, 2.24) is 0 Å². The summed E-state index contributed by atoms with van der Waals surface area (Å²) in [6.07, 6.45) is 3.89. The minimum atomic E-state index is -1.06. The van der Waals surface area contributed by atoms with Gasteiger partial charge in [0.2, 0.25) is 0 Å². The first kappa shape index (κ1) is 34.9. The molecule has 1 aromatic carbocycles. The van der Waals surface area contributed by atoms with Crippen LogP contribution in [0.1, 0.15) is 85.1 Å². The number of carbonyl (C=O) groups excluding carboxylic acids is 4. The maximum Gasteiger partial charge on any atom is 0.513 e. The van der Waals surface area contributed by atoms with Crippen molar-refractivity contribution in [2.75, 3.05) is 19.8 Å². The minimum Gasteiger partial charge on any atom is -0.462 e. The molecule has 1 aliphatic carbocycles. The lowest BCUT2D eigenvalue weighted by Crippen LogP contribution is -2.37. The third-order valence-corrected chi connectivity index (χ3v) is 7.23. The standard InChI is InChI=1S/C31H47NO10/c1-6-20(3)17-38-30(35)41-26-14-13-23(16-27(26)42-31(36)39-18-21(4)7-2)15-25(32)29(34)40-22(5)19-37-28(33)24-11-9-8-10-12-24/h13-14,16,20-22,24-25H,6-12,15,17-19,32H2,1-5H3/t20?,21?,22-,25-/m0/s1. The van der Waals surface area contributed by atoms with Crippen molar-refractivity contribution in [1.29, 1.82) is 0 Å². The summed E-state index contributed by atoms with van der Waals surface area (Å²) in [7, 11) is 0. The van der Waals surface area contributed by atoms with Gasteiger partial charge >= 0.3 is 24.2 Å². The second-order valence-electron chi connectivity index (χ2n) is 11.2. The van der Waals surface area contributed by atoms with Gasteiger partial charge in [0.15, 0.2) is 11.5 Å². The average molecular weight is 594 g/mol. The molecule has 4 atom stereocenters. The molecule has 11 heteroatoms. The molecule has 0 radical (unpaired) electrons. The Morgan fingerprint density at radius 2 is 1.38 bits per heavy atom. The second kappa shape index (κ2) is 18.3. The van der Waals surface area contributed by atoms with Crippen LogP contribution in [-0.2, 0) is 35.0 Å². The van der Waals surface area contributed by atoms with Crippen molar-refractivity contribution in [3.8, 4) is 11.5 Å². The van der Waals surface area contributed by atoms with E-state index in [1.807, 2.05) is 27.7 Å². The Kier molecular flexibility index (Phi) is 15.1. The molecule has 236 valence electrons. The molecule has 0 amide bonds. The Labute approximate surface area is 248 Å². The van der Waals surface area contributed by atoms with Crippen molar-refractivity contribution < 1.29 is 47.6 Å². The van der Waals surface area contributed by atoms with E-state index < -0.39 is 30.4 Å². The van der Waals surface area contributed by atoms with Gasteiger partial charge in [-0.3, -0.25) is 9.59 Å². The molecule has 2 unspecified atom stereocenters. The van der Waals surface area contributed by atoms with Gasteiger partial charge in [-0.2, -0.15) is 0 Å². The molecule has 0 aliphatic heterocycles. The van der Waals surface area contributed by atoms with E-state index in [0.29, 0.717) is 5.56 Å². The van der Waals surface area contributed by atoms with Crippen molar-refractivity contribution >= 4 is 24.2 Å². The van der Waals surface area contributed by atoms with Gasteiger partial charge in [0, 0.05) is 0 Å². The number of ether oxygens (including phenoxy) is 6. The van der Waals surface area contributed by atoms with Gasteiger partial charge in [-0.05, 0) is 55.7 Å². The van der Waals surface area contributed by atoms with Crippen molar-refractivity contribution in [3.63, 3.8) is 0 Å². The summed E-state index contributed by atoms with van der Waals surface area (Å²) in [4.78, 5) is 49.5. The molecule has 2 N–H and O–H groups in total. The predicted molar refractivity (Wildman–Crippen MR) is 154 cm³/mol. The first-order valence-corrected chi connectivity index (χ1v) is 15.0. The largest absolute Gasteiger partial charge is 0.513 e. The number of hydrogen-bond acceptors (Lipinski definition) is 11. The first-order chi connectivity index (χ1) is 20.0. The molecule has 0 bridgehead atoms. The van der Waals surface area contributed by atoms with Crippen LogP contribution < -0.4 is 15.2 Å². The highest BCUT2D eigenvalue weighted by molar-refractivity contribution is 5.76. The van der Waals surface area contributed by atoms with E-state index in [1.54, 1.807) is 13.0 Å². The third kappa shape index (κ3) is 12.7. The average Bonchev–Trinajstić information content (AvgIpc) is 2.98. The van der Waals surface area contributed by atoms with E-state index in [0.717, 1.165) is 44.9 Å². The van der Waals surface area contributed by atoms with Crippen LogP contribution in [0, 0.1) is 17.8 Å². The Morgan fingerprint density at radius 1 is 0.810 bits per heavy atom. The van der Waals surface area contributed by atoms with Crippen LogP contribution in [0.3, 0.4) is 0 Å². The van der Waals surface area contributed by atoms with Gasteiger partial charge in [-0.15, -0.1) is 0 Å². The number of hydrogen-bond donors (Lipinski definition) is 1. The van der Waals surface area contributed by atoms with E-state index in [4.69, 9.17) is 34.2 Å². The van der Waals surface area contributed by atoms with E-state index in [-0.39, 0.29) is 61.5 Å². The number of benzene rings is 1. The topological polar surface area (TPSA) is 150 Å². The van der Waals surface area contributed by atoms with Gasteiger partial charge in [0.25, 0.3) is 0 Å². The van der Waals surface area contributed by atoms with Crippen LogP contribution >= 0.6 is 0 Å². The van der Waals surface area contributed by atoms with Gasteiger partial charge in [-0.1, -0.05) is 65.9 Å². The fourth-order valence-electron chi connectivity index (χ4n) is 4.05. The first-order valence-electron chi connectivity index (χ1n) is 15.0. The summed E-state index contributed by atoms with van der Waals surface area (Å²) in [6.45, 7) is 9.72. The zero-order chi connectivity index (χ0) is 31.1. The Hall–Kier alpha value is -3.34. The number of esters is 2. The molecule has 0 heterocycles. The quantitative estimate of drug-likeness (QED) is 0.151. The molecule has 11 nitrogen and oxygen atoms in total. The SMILES string of the molecule is CCC(C)COC(=O)Oc1ccc(C[C@H](N)C(=O)O[C@@H](C)COC(=O)C2CCCCC2)cc1OC(=O)OCC(C)CC. The summed E-state index contributed by atoms with van der Waals surface area (Å²) in [5.74, 6) is -0.898. The fraction of sp³-hybridized carbons (Fsp3) is 0.677. The van der Waals surface area contributed by atoms with Crippen molar-refractivity contribution in [2.45, 2.75) is 98.1 Å². The maximum absolute atomic E-state index is 12.6. The normalized spacial score (nSPS) is 16.3. The van der Waals surface area contributed by atoms with Crippen LogP contribution in [-0.4, -0.2) is 56.2 Å². The van der Waals surface area contributed by atoms with Crippen LogP contribution in [0.4, 0.5) is 9.59 Å². The van der Waals surface area contributed by atoms with Crippen molar-refractivity contribution in [2.24, 2.45) is 23.5 Å². The molecular formula is C31H47NO10. The van der Waals surface area contributed by atoms with E-state index in [2.05, 4.69) is 0 Å². The van der Waals surface area contributed by atoms with Crippen LogP contribution in [0.25, 0.3) is 0 Å². The summed E-state index contributed by atoms with van der Waals surface area (Å²) in [5.41, 5.74) is 6.61. The highest BCUT2D eigenvalue weighted by Gasteiger charge is 2.25.